The van der Waals surface area contributed by atoms with E-state index < -0.39 is 15.8 Å². The predicted molar refractivity (Wildman–Crippen MR) is 77.4 cm³/mol. The van der Waals surface area contributed by atoms with Gasteiger partial charge in [0.25, 0.3) is 0 Å². The lowest BCUT2D eigenvalue weighted by Gasteiger charge is -2.41. The Labute approximate surface area is 121 Å². The first-order valence-corrected chi connectivity index (χ1v) is 9.31. The van der Waals surface area contributed by atoms with Crippen molar-refractivity contribution >= 4 is 15.8 Å². The molecule has 0 aromatic carbocycles. The van der Waals surface area contributed by atoms with Crippen LogP contribution in [-0.2, 0) is 14.6 Å². The number of carboxylic acid groups (broad SMARTS) is 1. The van der Waals surface area contributed by atoms with Gasteiger partial charge in [0.1, 0.15) is 0 Å². The molecule has 6 heteroatoms. The smallest absolute Gasteiger partial charge is 0.308 e. The summed E-state index contributed by atoms with van der Waals surface area (Å²) in [7, 11) is -1.02. The van der Waals surface area contributed by atoms with E-state index in [1.165, 1.54) is 0 Å². The molecule has 20 heavy (non-hydrogen) atoms. The van der Waals surface area contributed by atoms with Crippen LogP contribution in [0.25, 0.3) is 0 Å². The van der Waals surface area contributed by atoms with Crippen LogP contribution in [0.1, 0.15) is 39.0 Å². The number of sulfone groups is 1. The van der Waals surface area contributed by atoms with Gasteiger partial charge in [-0.2, -0.15) is 0 Å². The second kappa shape index (κ2) is 6.02. The van der Waals surface area contributed by atoms with Crippen LogP contribution in [0.5, 0.6) is 0 Å². The quantitative estimate of drug-likeness (QED) is 0.849. The Hall–Kier alpha value is -0.620. The molecule has 2 rings (SSSR count). The third-order valence-electron chi connectivity index (χ3n) is 5.13. The van der Waals surface area contributed by atoms with E-state index in [1.807, 2.05) is 11.9 Å². The van der Waals surface area contributed by atoms with Gasteiger partial charge in [0.05, 0.1) is 17.4 Å². The van der Waals surface area contributed by atoms with Crippen LogP contribution in [0.3, 0.4) is 0 Å². The van der Waals surface area contributed by atoms with Gasteiger partial charge in [0.15, 0.2) is 9.84 Å². The molecule has 4 atom stereocenters. The number of aliphatic carboxylic acids is 1. The molecule has 116 valence electrons. The lowest BCUT2D eigenvalue weighted by atomic mass is 9.76. The minimum absolute atomic E-state index is 0.0116. The fraction of sp³-hybridized carbons (Fsp3) is 0.929. The molecule has 0 aromatic heterocycles. The zero-order valence-corrected chi connectivity index (χ0v) is 13.1. The third kappa shape index (κ3) is 3.34. The highest BCUT2D eigenvalue weighted by atomic mass is 32.2. The minimum Gasteiger partial charge on any atom is -0.481 e. The van der Waals surface area contributed by atoms with Gasteiger partial charge < -0.3 is 5.11 Å². The van der Waals surface area contributed by atoms with E-state index in [1.54, 1.807) is 0 Å². The normalized spacial score (nSPS) is 37.1. The molecule has 0 amide bonds. The summed E-state index contributed by atoms with van der Waals surface area (Å²) in [6.07, 6.45) is 4.27. The van der Waals surface area contributed by atoms with Crippen molar-refractivity contribution in [3.63, 3.8) is 0 Å². The van der Waals surface area contributed by atoms with Crippen molar-refractivity contribution in [2.24, 2.45) is 11.8 Å². The summed E-state index contributed by atoms with van der Waals surface area (Å²) < 4.78 is 23.2. The van der Waals surface area contributed by atoms with Crippen molar-refractivity contribution in [1.29, 1.82) is 0 Å². The molecule has 4 unspecified atom stereocenters. The molecule has 1 aliphatic heterocycles. The maximum Gasteiger partial charge on any atom is 0.308 e. The molecule has 1 heterocycles. The predicted octanol–water partition coefficient (Wildman–Crippen LogP) is 1.38. The van der Waals surface area contributed by atoms with E-state index >= 15 is 0 Å². The maximum absolute atomic E-state index is 11.6. The molecule has 2 fully saturated rings. The summed E-state index contributed by atoms with van der Waals surface area (Å²) in [6, 6.07) is -0.0352. The van der Waals surface area contributed by atoms with Gasteiger partial charge in [-0.25, -0.2) is 8.42 Å². The van der Waals surface area contributed by atoms with Gasteiger partial charge in [0, 0.05) is 12.1 Å². The molecule has 0 aromatic rings. The topological polar surface area (TPSA) is 74.7 Å². The summed E-state index contributed by atoms with van der Waals surface area (Å²) in [5.41, 5.74) is 0. The fourth-order valence-corrected chi connectivity index (χ4v) is 5.49. The summed E-state index contributed by atoms with van der Waals surface area (Å²) in [4.78, 5) is 13.5. The minimum atomic E-state index is -2.93. The van der Waals surface area contributed by atoms with Gasteiger partial charge in [-0.05, 0) is 38.6 Å². The summed E-state index contributed by atoms with van der Waals surface area (Å²) in [6.45, 7) is 2.14. The van der Waals surface area contributed by atoms with E-state index in [2.05, 4.69) is 6.92 Å². The molecule has 5 nitrogen and oxygen atoms in total. The molecular weight excluding hydrogens is 278 g/mol. The average molecular weight is 303 g/mol. The van der Waals surface area contributed by atoms with Gasteiger partial charge in [-0.15, -0.1) is 0 Å². The largest absolute Gasteiger partial charge is 0.481 e. The maximum atomic E-state index is 11.6. The van der Waals surface area contributed by atoms with Crippen molar-refractivity contribution < 1.29 is 18.3 Å². The van der Waals surface area contributed by atoms with Gasteiger partial charge >= 0.3 is 5.97 Å². The Kier molecular flexibility index (Phi) is 4.74. The van der Waals surface area contributed by atoms with Crippen LogP contribution < -0.4 is 0 Å². The number of rotatable bonds is 4. The number of hydrogen-bond acceptors (Lipinski definition) is 4. The molecule has 0 spiro atoms. The van der Waals surface area contributed by atoms with E-state index in [4.69, 9.17) is 0 Å². The first-order chi connectivity index (χ1) is 9.34. The highest BCUT2D eigenvalue weighted by Crippen LogP contribution is 2.35. The fourth-order valence-electron chi connectivity index (χ4n) is 3.71. The van der Waals surface area contributed by atoms with Gasteiger partial charge in [-0.1, -0.05) is 13.3 Å². The first kappa shape index (κ1) is 15.8. The summed E-state index contributed by atoms with van der Waals surface area (Å²) >= 11 is 0. The molecule has 1 aliphatic carbocycles. The first-order valence-electron chi connectivity index (χ1n) is 7.49. The molecule has 1 saturated heterocycles. The van der Waals surface area contributed by atoms with E-state index in [-0.39, 0.29) is 29.5 Å². The molecule has 1 N–H and O–H groups in total. The SMILES string of the molecule is CCC1CCC(C(=O)O)C(N(C)C2CCS(=O)(=O)C2)C1. The van der Waals surface area contributed by atoms with Crippen LogP contribution in [0, 0.1) is 11.8 Å². The molecular formula is C14H25NO4S. The molecule has 2 aliphatic rings. The zero-order valence-electron chi connectivity index (χ0n) is 12.3. The van der Waals surface area contributed by atoms with E-state index in [0.717, 1.165) is 19.3 Å². The number of hydrogen-bond donors (Lipinski definition) is 1. The van der Waals surface area contributed by atoms with Crippen LogP contribution in [-0.4, -0.2) is 55.0 Å². The lowest BCUT2D eigenvalue weighted by Crippen LogP contribution is -2.50. The third-order valence-corrected chi connectivity index (χ3v) is 6.88. The molecule has 1 saturated carbocycles. The highest BCUT2D eigenvalue weighted by molar-refractivity contribution is 7.91. The Morgan fingerprint density at radius 1 is 1.30 bits per heavy atom. The van der Waals surface area contributed by atoms with Crippen LogP contribution >= 0.6 is 0 Å². The Morgan fingerprint density at radius 2 is 2.00 bits per heavy atom. The average Bonchev–Trinajstić information content (AvgIpc) is 2.77. The standard InChI is InChI=1S/C14H25NO4S/c1-3-10-4-5-12(14(16)17)13(8-10)15(2)11-6-7-20(18,19)9-11/h10-13H,3-9H2,1-2H3,(H,16,17). The van der Waals surface area contributed by atoms with Crippen LogP contribution in [0.15, 0.2) is 0 Å². The van der Waals surface area contributed by atoms with Crippen molar-refractivity contribution in [1.82, 2.24) is 4.90 Å². The number of nitrogens with zero attached hydrogens (tertiary/aromatic N) is 1. The van der Waals surface area contributed by atoms with E-state index in [9.17, 15) is 18.3 Å². The highest BCUT2D eigenvalue weighted by Gasteiger charge is 2.41. The second-order valence-electron chi connectivity index (χ2n) is 6.32. The Balaban J connectivity index is 2.11. The zero-order chi connectivity index (χ0) is 14.9. The Bertz CT molecular complexity index is 462. The molecule has 0 radical (unpaired) electrons. The van der Waals surface area contributed by atoms with E-state index in [0.29, 0.717) is 18.8 Å². The molecule has 0 bridgehead atoms. The monoisotopic (exact) mass is 303 g/mol. The van der Waals surface area contributed by atoms with Gasteiger partial charge in [-0.3, -0.25) is 9.69 Å². The number of carbonyl (C=O) groups is 1. The van der Waals surface area contributed by atoms with Crippen molar-refractivity contribution in [3.8, 4) is 0 Å². The lowest BCUT2D eigenvalue weighted by molar-refractivity contribution is -0.146. The van der Waals surface area contributed by atoms with Crippen LogP contribution in [0.4, 0.5) is 0 Å². The van der Waals surface area contributed by atoms with Crippen molar-refractivity contribution in [2.45, 2.75) is 51.1 Å². The van der Waals surface area contributed by atoms with Crippen molar-refractivity contribution in [3.05, 3.63) is 0 Å². The Morgan fingerprint density at radius 3 is 2.50 bits per heavy atom. The van der Waals surface area contributed by atoms with Crippen LogP contribution in [0.2, 0.25) is 0 Å². The second-order valence-corrected chi connectivity index (χ2v) is 8.55. The summed E-state index contributed by atoms with van der Waals surface area (Å²) in [5, 5.41) is 9.42. The van der Waals surface area contributed by atoms with Gasteiger partial charge in [0.2, 0.25) is 0 Å². The number of carboxylic acids is 1. The summed E-state index contributed by atoms with van der Waals surface area (Å²) in [5.74, 6) is -0.105. The van der Waals surface area contributed by atoms with Crippen molar-refractivity contribution in [2.75, 3.05) is 18.6 Å².